The highest BCUT2D eigenvalue weighted by Gasteiger charge is 2.43. The molecular formula is C28H26Cl2F3N5O4. The van der Waals surface area contributed by atoms with Gasteiger partial charge in [-0.15, -0.1) is 0 Å². The SMILES string of the molecule is CNC(=O)[C@@H]1CN(C(C)c2ccc(OC(F)F)c(F)c2)C(=O)c2c3c(nn21)C[C@@H](C)N(C(=O)c1ccc(Cl)c(Cl)c1)C3. The van der Waals surface area contributed by atoms with Crippen LogP contribution in [0.5, 0.6) is 5.75 Å². The van der Waals surface area contributed by atoms with Crippen LogP contribution in [0.3, 0.4) is 0 Å². The summed E-state index contributed by atoms with van der Waals surface area (Å²) in [4.78, 5) is 43.5. The number of benzene rings is 2. The maximum atomic E-state index is 14.6. The highest BCUT2D eigenvalue weighted by molar-refractivity contribution is 6.42. The predicted molar refractivity (Wildman–Crippen MR) is 147 cm³/mol. The van der Waals surface area contributed by atoms with Crippen molar-refractivity contribution in [1.29, 1.82) is 0 Å². The molecule has 1 aromatic heterocycles. The molecule has 0 radical (unpaired) electrons. The zero-order valence-electron chi connectivity index (χ0n) is 22.7. The number of hydrogen-bond donors (Lipinski definition) is 1. The van der Waals surface area contributed by atoms with E-state index in [4.69, 9.17) is 23.2 Å². The number of rotatable bonds is 6. The van der Waals surface area contributed by atoms with Crippen LogP contribution in [0, 0.1) is 5.82 Å². The van der Waals surface area contributed by atoms with E-state index in [0.717, 1.165) is 12.1 Å². The van der Waals surface area contributed by atoms with Gasteiger partial charge in [0.15, 0.2) is 11.6 Å². The van der Waals surface area contributed by atoms with Gasteiger partial charge in [-0.2, -0.15) is 13.9 Å². The number of nitrogens with zero attached hydrogens (tertiary/aromatic N) is 4. The lowest BCUT2D eigenvalue weighted by Crippen LogP contribution is -2.49. The average Bonchev–Trinajstić information content (AvgIpc) is 3.32. The molecule has 3 aromatic rings. The van der Waals surface area contributed by atoms with Crippen LogP contribution in [0.4, 0.5) is 13.2 Å². The van der Waals surface area contributed by atoms with E-state index in [9.17, 15) is 27.6 Å². The summed E-state index contributed by atoms with van der Waals surface area (Å²) in [5.74, 6) is -2.82. The highest BCUT2D eigenvalue weighted by atomic mass is 35.5. The molecule has 1 unspecified atom stereocenters. The number of nitrogens with one attached hydrogen (secondary N) is 1. The number of hydrogen-bond acceptors (Lipinski definition) is 5. The summed E-state index contributed by atoms with van der Waals surface area (Å²) >= 11 is 12.2. The smallest absolute Gasteiger partial charge is 0.387 e. The molecule has 0 saturated heterocycles. The van der Waals surface area contributed by atoms with Gasteiger partial charge in [0, 0.05) is 30.6 Å². The first-order valence-electron chi connectivity index (χ1n) is 13.0. The van der Waals surface area contributed by atoms with Crippen molar-refractivity contribution in [3.05, 3.63) is 80.3 Å². The van der Waals surface area contributed by atoms with Crippen molar-refractivity contribution in [3.8, 4) is 5.75 Å². The summed E-state index contributed by atoms with van der Waals surface area (Å²) < 4.78 is 45.4. The molecule has 3 atom stereocenters. The topological polar surface area (TPSA) is 96.8 Å². The van der Waals surface area contributed by atoms with Gasteiger partial charge in [0.25, 0.3) is 11.8 Å². The lowest BCUT2D eigenvalue weighted by molar-refractivity contribution is -0.125. The molecule has 9 nitrogen and oxygen atoms in total. The van der Waals surface area contributed by atoms with Crippen molar-refractivity contribution >= 4 is 40.9 Å². The molecule has 2 aromatic carbocycles. The number of ether oxygens (including phenoxy) is 1. The fourth-order valence-corrected chi connectivity index (χ4v) is 5.70. The third-order valence-corrected chi connectivity index (χ3v) is 8.41. The third kappa shape index (κ3) is 5.29. The lowest BCUT2D eigenvalue weighted by Gasteiger charge is -2.38. The molecular weight excluding hydrogens is 598 g/mol. The van der Waals surface area contributed by atoms with Gasteiger partial charge in [-0.3, -0.25) is 14.4 Å². The van der Waals surface area contributed by atoms with E-state index in [-0.39, 0.29) is 35.8 Å². The summed E-state index contributed by atoms with van der Waals surface area (Å²) in [6, 6.07) is 6.11. The second-order valence-corrected chi connectivity index (χ2v) is 11.0. The van der Waals surface area contributed by atoms with E-state index >= 15 is 0 Å². The Hall–Kier alpha value is -3.77. The minimum absolute atomic E-state index is 0.0492. The molecule has 2 aliphatic heterocycles. The quantitative estimate of drug-likeness (QED) is 0.416. The molecule has 0 aliphatic carbocycles. The van der Waals surface area contributed by atoms with Crippen LogP contribution in [0.15, 0.2) is 36.4 Å². The number of carbonyl (C=O) groups is 3. The molecule has 0 fully saturated rings. The number of aromatic nitrogens is 2. The summed E-state index contributed by atoms with van der Waals surface area (Å²) in [5.41, 5.74) is 1.88. The number of alkyl halides is 2. The summed E-state index contributed by atoms with van der Waals surface area (Å²) in [6.45, 7) is 0.275. The fourth-order valence-electron chi connectivity index (χ4n) is 5.41. The second kappa shape index (κ2) is 11.5. The standard InChI is InChI=1S/C28H26Cl2F3N5O4/c1-13-8-21-17(11-36(13)26(40)16-4-6-18(29)19(30)9-16)24-27(41)37(12-22(25(39)34-3)38(24)35-21)14(2)15-5-7-23(20(31)10-15)42-28(32)33/h4-7,9-10,13-14,22,28H,8,11-12H2,1-3H3,(H,34,39)/t13-,14?,22+/m1/s1. The Morgan fingerprint density at radius 2 is 1.88 bits per heavy atom. The highest BCUT2D eigenvalue weighted by Crippen LogP contribution is 2.36. The Morgan fingerprint density at radius 3 is 2.52 bits per heavy atom. The van der Waals surface area contributed by atoms with Crippen molar-refractivity contribution in [2.45, 2.75) is 51.6 Å². The van der Waals surface area contributed by atoms with E-state index in [1.165, 1.54) is 34.8 Å². The van der Waals surface area contributed by atoms with Gasteiger partial charge in [-0.25, -0.2) is 9.07 Å². The Labute approximate surface area is 249 Å². The number of halogens is 5. The van der Waals surface area contributed by atoms with Crippen LogP contribution in [-0.2, 0) is 17.8 Å². The van der Waals surface area contributed by atoms with Gasteiger partial charge in [-0.1, -0.05) is 29.3 Å². The van der Waals surface area contributed by atoms with Gasteiger partial charge >= 0.3 is 6.61 Å². The molecule has 0 bridgehead atoms. The molecule has 222 valence electrons. The maximum Gasteiger partial charge on any atom is 0.387 e. The minimum atomic E-state index is -3.20. The lowest BCUT2D eigenvalue weighted by atomic mass is 9.96. The molecule has 0 saturated carbocycles. The molecule has 1 N–H and O–H groups in total. The van der Waals surface area contributed by atoms with Gasteiger partial charge in [0.2, 0.25) is 5.91 Å². The largest absolute Gasteiger partial charge is 0.432 e. The monoisotopic (exact) mass is 623 g/mol. The summed E-state index contributed by atoms with van der Waals surface area (Å²) in [7, 11) is 1.46. The van der Waals surface area contributed by atoms with E-state index in [2.05, 4.69) is 15.2 Å². The van der Waals surface area contributed by atoms with E-state index < -0.39 is 42.1 Å². The predicted octanol–water partition coefficient (Wildman–Crippen LogP) is 5.02. The Bertz CT molecular complexity index is 1580. The van der Waals surface area contributed by atoms with Crippen molar-refractivity contribution in [1.82, 2.24) is 24.9 Å². The summed E-state index contributed by atoms with van der Waals surface area (Å²) in [5, 5.41) is 7.78. The number of carbonyl (C=O) groups excluding carboxylic acids is 3. The maximum absolute atomic E-state index is 14.6. The Morgan fingerprint density at radius 1 is 1.14 bits per heavy atom. The van der Waals surface area contributed by atoms with Gasteiger partial charge in [0.05, 0.1) is 34.9 Å². The number of amides is 3. The number of likely N-dealkylation sites (N-methyl/N-ethyl adjacent to an activating group) is 1. The van der Waals surface area contributed by atoms with Crippen molar-refractivity contribution < 1.29 is 32.3 Å². The molecule has 14 heteroatoms. The van der Waals surface area contributed by atoms with Crippen LogP contribution < -0.4 is 10.1 Å². The molecule has 3 heterocycles. The minimum Gasteiger partial charge on any atom is -0.432 e. The average molecular weight is 624 g/mol. The third-order valence-electron chi connectivity index (χ3n) is 7.67. The van der Waals surface area contributed by atoms with Crippen LogP contribution >= 0.6 is 23.2 Å². The van der Waals surface area contributed by atoms with E-state index in [0.29, 0.717) is 33.8 Å². The van der Waals surface area contributed by atoms with Crippen LogP contribution in [0.1, 0.15) is 63.6 Å². The van der Waals surface area contributed by atoms with E-state index in [1.807, 2.05) is 6.92 Å². The van der Waals surface area contributed by atoms with Crippen molar-refractivity contribution in [2.24, 2.45) is 0 Å². The molecule has 2 aliphatic rings. The Kier molecular flexibility index (Phi) is 8.13. The van der Waals surface area contributed by atoms with Gasteiger partial charge in [-0.05, 0) is 49.7 Å². The second-order valence-electron chi connectivity index (χ2n) is 10.2. The summed E-state index contributed by atoms with van der Waals surface area (Å²) in [6.07, 6.45) is 0.336. The van der Waals surface area contributed by atoms with E-state index in [1.54, 1.807) is 17.9 Å². The van der Waals surface area contributed by atoms with Crippen molar-refractivity contribution in [3.63, 3.8) is 0 Å². The normalized spacial score (nSPS) is 18.9. The van der Waals surface area contributed by atoms with Gasteiger partial charge in [0.1, 0.15) is 11.7 Å². The molecule has 3 amide bonds. The Balaban J connectivity index is 1.51. The zero-order chi connectivity index (χ0) is 30.5. The van der Waals surface area contributed by atoms with Crippen LogP contribution in [0.2, 0.25) is 10.0 Å². The van der Waals surface area contributed by atoms with Gasteiger partial charge < -0.3 is 19.9 Å². The van der Waals surface area contributed by atoms with Crippen LogP contribution in [-0.4, -0.2) is 63.5 Å². The first kappa shape index (κ1) is 29.7. The molecule has 5 rings (SSSR count). The fraction of sp³-hybridized carbons (Fsp3) is 0.357. The molecule has 42 heavy (non-hydrogen) atoms. The zero-order valence-corrected chi connectivity index (χ0v) is 24.2. The van der Waals surface area contributed by atoms with Crippen molar-refractivity contribution in [2.75, 3.05) is 13.6 Å². The van der Waals surface area contributed by atoms with Crippen LogP contribution in [0.25, 0.3) is 0 Å². The first-order valence-corrected chi connectivity index (χ1v) is 13.8. The number of fused-ring (bicyclic) bond motifs is 3. The molecule has 0 spiro atoms. The first-order chi connectivity index (χ1) is 19.9.